The summed E-state index contributed by atoms with van der Waals surface area (Å²) in [5, 5.41) is 0. The maximum Gasteiger partial charge on any atom is 0.123 e. The fraction of sp³-hybridized carbons (Fsp3) is 0.250. The topological polar surface area (TPSA) is 54.7 Å². The normalized spacial score (nSPS) is 12.8. The molecule has 0 spiro atoms. The van der Waals surface area contributed by atoms with E-state index in [0.29, 0.717) is 0 Å². The average Bonchev–Trinajstić information content (AvgIpc) is 2.62. The van der Waals surface area contributed by atoms with Gasteiger partial charge in [-0.25, -0.2) is 4.98 Å². The number of hydrogen-bond acceptors (Lipinski definition) is 2. The molecule has 1 aromatic carbocycles. The highest BCUT2D eigenvalue weighted by Crippen LogP contribution is 2.24. The van der Waals surface area contributed by atoms with Crippen molar-refractivity contribution in [2.24, 2.45) is 5.73 Å². The van der Waals surface area contributed by atoms with Crippen LogP contribution >= 0.6 is 15.9 Å². The van der Waals surface area contributed by atoms with E-state index in [4.69, 9.17) is 5.73 Å². The van der Waals surface area contributed by atoms with Gasteiger partial charge in [0.1, 0.15) is 5.82 Å². The van der Waals surface area contributed by atoms with Gasteiger partial charge >= 0.3 is 0 Å². The lowest BCUT2D eigenvalue weighted by molar-refractivity contribution is 0.754. The number of benzene rings is 1. The number of imidazole rings is 1. The van der Waals surface area contributed by atoms with Crippen LogP contribution in [0.3, 0.4) is 0 Å². The zero-order valence-corrected chi connectivity index (χ0v) is 10.9. The molecule has 0 aliphatic rings. The van der Waals surface area contributed by atoms with E-state index in [9.17, 15) is 0 Å². The van der Waals surface area contributed by atoms with Gasteiger partial charge in [0.25, 0.3) is 0 Å². The lowest BCUT2D eigenvalue weighted by Crippen LogP contribution is -2.06. The Labute approximate surface area is 103 Å². The molecule has 3 N–H and O–H groups in total. The van der Waals surface area contributed by atoms with Gasteiger partial charge in [0.05, 0.1) is 11.7 Å². The number of aryl methyl sites for hydroxylation is 1. The van der Waals surface area contributed by atoms with E-state index >= 15 is 0 Å². The highest BCUT2D eigenvalue weighted by Gasteiger charge is 2.10. The first-order chi connectivity index (χ1) is 7.58. The molecule has 84 valence electrons. The van der Waals surface area contributed by atoms with Crippen LogP contribution in [0.25, 0.3) is 11.3 Å². The molecule has 0 bridgehead atoms. The highest BCUT2D eigenvalue weighted by molar-refractivity contribution is 9.10. The van der Waals surface area contributed by atoms with Crippen molar-refractivity contribution in [3.05, 3.63) is 40.3 Å². The molecule has 0 aliphatic carbocycles. The minimum Gasteiger partial charge on any atom is -0.344 e. The minimum atomic E-state index is -0.0668. The number of nitrogens with two attached hydrogens (primary N) is 1. The standard InChI is InChI=1S/C12H14BrN3/c1-7(14)12-15-8(2)11(16-12)9-3-5-10(13)6-4-9/h3-7H,14H2,1-2H3,(H,15,16). The van der Waals surface area contributed by atoms with Crippen molar-refractivity contribution >= 4 is 15.9 Å². The Bertz CT molecular complexity index is 485. The van der Waals surface area contributed by atoms with Crippen LogP contribution in [0.5, 0.6) is 0 Å². The van der Waals surface area contributed by atoms with Gasteiger partial charge in [0.15, 0.2) is 0 Å². The van der Waals surface area contributed by atoms with Crippen LogP contribution in [-0.4, -0.2) is 9.97 Å². The van der Waals surface area contributed by atoms with E-state index in [1.807, 2.05) is 38.1 Å². The van der Waals surface area contributed by atoms with Gasteiger partial charge in [-0.05, 0) is 26.0 Å². The summed E-state index contributed by atoms with van der Waals surface area (Å²) in [5.41, 5.74) is 8.92. The van der Waals surface area contributed by atoms with E-state index in [1.54, 1.807) is 0 Å². The third-order valence-corrected chi connectivity index (χ3v) is 2.98. The van der Waals surface area contributed by atoms with Crippen LogP contribution in [0.1, 0.15) is 24.5 Å². The molecular weight excluding hydrogens is 266 g/mol. The predicted octanol–water partition coefficient (Wildman–Crippen LogP) is 3.17. The molecule has 2 aromatic rings. The number of aromatic nitrogens is 2. The summed E-state index contributed by atoms with van der Waals surface area (Å²) in [5.74, 6) is 0.829. The van der Waals surface area contributed by atoms with Crippen molar-refractivity contribution in [1.82, 2.24) is 9.97 Å². The van der Waals surface area contributed by atoms with E-state index in [0.717, 1.165) is 27.2 Å². The third-order valence-electron chi connectivity index (χ3n) is 2.45. The number of nitrogens with one attached hydrogen (secondary N) is 1. The van der Waals surface area contributed by atoms with Crippen molar-refractivity contribution < 1.29 is 0 Å². The van der Waals surface area contributed by atoms with Crippen molar-refractivity contribution in [3.63, 3.8) is 0 Å². The first kappa shape index (κ1) is 11.4. The maximum atomic E-state index is 5.80. The number of halogens is 1. The molecule has 1 heterocycles. The fourth-order valence-corrected chi connectivity index (χ4v) is 1.85. The second-order valence-electron chi connectivity index (χ2n) is 3.89. The molecule has 0 fully saturated rings. The van der Waals surface area contributed by atoms with Crippen molar-refractivity contribution in [2.45, 2.75) is 19.9 Å². The molecule has 0 saturated carbocycles. The Morgan fingerprint density at radius 2 is 1.94 bits per heavy atom. The van der Waals surface area contributed by atoms with Crippen molar-refractivity contribution in [2.75, 3.05) is 0 Å². The molecule has 16 heavy (non-hydrogen) atoms. The Morgan fingerprint density at radius 3 is 2.44 bits per heavy atom. The van der Waals surface area contributed by atoms with E-state index in [-0.39, 0.29) is 6.04 Å². The van der Waals surface area contributed by atoms with E-state index in [1.165, 1.54) is 0 Å². The van der Waals surface area contributed by atoms with Crippen LogP contribution in [0.15, 0.2) is 28.7 Å². The van der Waals surface area contributed by atoms with Crippen LogP contribution < -0.4 is 5.73 Å². The predicted molar refractivity (Wildman–Crippen MR) is 69.1 cm³/mol. The van der Waals surface area contributed by atoms with Gasteiger partial charge in [-0.2, -0.15) is 0 Å². The van der Waals surface area contributed by atoms with Gasteiger partial charge in [0, 0.05) is 15.7 Å². The van der Waals surface area contributed by atoms with Gasteiger partial charge in [-0.15, -0.1) is 0 Å². The molecule has 3 nitrogen and oxygen atoms in total. The largest absolute Gasteiger partial charge is 0.344 e. The third kappa shape index (κ3) is 2.18. The van der Waals surface area contributed by atoms with Crippen molar-refractivity contribution in [1.29, 1.82) is 0 Å². The Morgan fingerprint density at radius 1 is 1.31 bits per heavy atom. The SMILES string of the molecule is Cc1[nH]c(C(C)N)nc1-c1ccc(Br)cc1. The van der Waals surface area contributed by atoms with Gasteiger partial charge in [-0.1, -0.05) is 28.1 Å². The minimum absolute atomic E-state index is 0.0668. The molecule has 4 heteroatoms. The number of aromatic amines is 1. The smallest absolute Gasteiger partial charge is 0.123 e. The van der Waals surface area contributed by atoms with Gasteiger partial charge < -0.3 is 10.7 Å². The summed E-state index contributed by atoms with van der Waals surface area (Å²) in [6, 6.07) is 8.03. The summed E-state index contributed by atoms with van der Waals surface area (Å²) in [6.07, 6.45) is 0. The molecule has 1 aromatic heterocycles. The molecule has 1 atom stereocenters. The van der Waals surface area contributed by atoms with E-state index in [2.05, 4.69) is 25.9 Å². The number of nitrogens with zero attached hydrogens (tertiary/aromatic N) is 1. The monoisotopic (exact) mass is 279 g/mol. The van der Waals surface area contributed by atoms with Gasteiger partial charge in [0.2, 0.25) is 0 Å². The summed E-state index contributed by atoms with van der Waals surface area (Å²) in [6.45, 7) is 3.93. The van der Waals surface area contributed by atoms with Crippen LogP contribution in [0.4, 0.5) is 0 Å². The maximum absolute atomic E-state index is 5.80. The summed E-state index contributed by atoms with van der Waals surface area (Å²) >= 11 is 3.42. The molecule has 0 aliphatic heterocycles. The molecule has 1 unspecified atom stereocenters. The number of rotatable bonds is 2. The lowest BCUT2D eigenvalue weighted by atomic mass is 10.1. The molecule has 0 saturated heterocycles. The quantitative estimate of drug-likeness (QED) is 0.887. The van der Waals surface area contributed by atoms with Crippen LogP contribution in [-0.2, 0) is 0 Å². The number of hydrogen-bond donors (Lipinski definition) is 2. The molecule has 0 amide bonds. The number of H-pyrrole nitrogens is 1. The Balaban J connectivity index is 2.44. The van der Waals surface area contributed by atoms with Gasteiger partial charge in [-0.3, -0.25) is 0 Å². The summed E-state index contributed by atoms with van der Waals surface area (Å²) in [4.78, 5) is 7.72. The van der Waals surface area contributed by atoms with Crippen LogP contribution in [0.2, 0.25) is 0 Å². The second-order valence-corrected chi connectivity index (χ2v) is 4.81. The highest BCUT2D eigenvalue weighted by atomic mass is 79.9. The fourth-order valence-electron chi connectivity index (χ4n) is 1.59. The lowest BCUT2D eigenvalue weighted by Gasteiger charge is -1.99. The van der Waals surface area contributed by atoms with E-state index < -0.39 is 0 Å². The average molecular weight is 280 g/mol. The zero-order valence-electron chi connectivity index (χ0n) is 9.29. The second kappa shape index (κ2) is 4.39. The molecule has 0 radical (unpaired) electrons. The Kier molecular flexibility index (Phi) is 3.12. The summed E-state index contributed by atoms with van der Waals surface area (Å²) < 4.78 is 1.07. The van der Waals surface area contributed by atoms with Crippen LogP contribution in [0, 0.1) is 6.92 Å². The zero-order chi connectivity index (χ0) is 11.7. The first-order valence-corrected chi connectivity index (χ1v) is 5.95. The van der Waals surface area contributed by atoms with Crippen molar-refractivity contribution in [3.8, 4) is 11.3 Å². The summed E-state index contributed by atoms with van der Waals surface area (Å²) in [7, 11) is 0. The molecular formula is C12H14BrN3. The first-order valence-electron chi connectivity index (χ1n) is 5.16. The molecule has 2 rings (SSSR count). The Hall–Kier alpha value is -1.13.